The molecule has 0 fully saturated rings. The largest absolute Gasteiger partial charge is 0.493 e. The number of nitrogens with zero attached hydrogens (tertiary/aromatic N) is 2. The average Bonchev–Trinajstić information content (AvgIpc) is 3.05. The Morgan fingerprint density at radius 3 is 2.50 bits per heavy atom. The maximum absolute atomic E-state index is 6.53. The van der Waals surface area contributed by atoms with Crippen molar-refractivity contribution in [2.45, 2.75) is 0 Å². The number of ether oxygens (including phenoxy) is 2. The Kier molecular flexibility index (Phi) is 3.42. The van der Waals surface area contributed by atoms with Crippen molar-refractivity contribution in [3.63, 3.8) is 0 Å². The Bertz CT molecular complexity index is 1330. The van der Waals surface area contributed by atoms with Crippen LogP contribution in [0.15, 0.2) is 42.6 Å². The first kappa shape index (κ1) is 15.6. The van der Waals surface area contributed by atoms with Crippen molar-refractivity contribution in [2.75, 3.05) is 14.2 Å². The molecule has 3 aromatic heterocycles. The number of pyridine rings is 2. The molecule has 128 valence electrons. The summed E-state index contributed by atoms with van der Waals surface area (Å²) in [5, 5.41) is 4.80. The second-order valence-corrected chi connectivity index (χ2v) is 7.35. The molecule has 0 saturated heterocycles. The third kappa shape index (κ3) is 2.08. The summed E-state index contributed by atoms with van der Waals surface area (Å²) in [7, 11) is 3.28. The van der Waals surface area contributed by atoms with E-state index < -0.39 is 0 Å². The molecule has 0 aliphatic carbocycles. The first-order chi connectivity index (χ1) is 12.7. The van der Waals surface area contributed by atoms with Gasteiger partial charge in [0.15, 0.2) is 11.5 Å². The van der Waals surface area contributed by atoms with Crippen molar-refractivity contribution >= 4 is 64.9 Å². The van der Waals surface area contributed by atoms with E-state index >= 15 is 0 Å². The topological polar surface area (TPSA) is 44.2 Å². The van der Waals surface area contributed by atoms with Gasteiger partial charge in [0.05, 0.1) is 30.0 Å². The van der Waals surface area contributed by atoms with Crippen molar-refractivity contribution < 1.29 is 9.47 Å². The normalized spacial score (nSPS) is 11.7. The van der Waals surface area contributed by atoms with Gasteiger partial charge in [0.2, 0.25) is 0 Å². The third-order valence-electron chi connectivity index (χ3n) is 4.61. The number of fused-ring (bicyclic) bond motifs is 7. The van der Waals surface area contributed by atoms with E-state index in [1.54, 1.807) is 31.8 Å². The lowest BCUT2D eigenvalue weighted by molar-refractivity contribution is 0.356. The standard InChI is InChI=1S/C20H13ClN2O2S/c1-24-14-8-11-16(9-15(14)25-2)26-19-18(11)17-10-4-3-7-22-12(10)5-6-13(17)23-20(19)21/h3-9H,1-2H3. The van der Waals surface area contributed by atoms with Crippen LogP contribution in [0.2, 0.25) is 5.15 Å². The van der Waals surface area contributed by atoms with Crippen LogP contribution in [-0.2, 0) is 0 Å². The molecule has 3 heterocycles. The number of aromatic nitrogens is 2. The summed E-state index contributed by atoms with van der Waals surface area (Å²) in [4.78, 5) is 9.10. The van der Waals surface area contributed by atoms with E-state index in [0.717, 1.165) is 42.0 Å². The highest BCUT2D eigenvalue weighted by atomic mass is 35.5. The second kappa shape index (κ2) is 5.69. The number of thiophene rings is 1. The van der Waals surface area contributed by atoms with Crippen LogP contribution < -0.4 is 9.47 Å². The molecule has 0 saturated carbocycles. The minimum Gasteiger partial charge on any atom is -0.493 e. The molecular formula is C20H13ClN2O2S. The fourth-order valence-corrected chi connectivity index (χ4v) is 4.87. The van der Waals surface area contributed by atoms with Gasteiger partial charge >= 0.3 is 0 Å². The molecule has 0 radical (unpaired) electrons. The fourth-order valence-electron chi connectivity index (χ4n) is 3.47. The Labute approximate surface area is 157 Å². The molecule has 0 aliphatic heterocycles. The average molecular weight is 381 g/mol. The van der Waals surface area contributed by atoms with Crippen molar-refractivity contribution in [3.05, 3.63) is 47.7 Å². The molecule has 5 aromatic rings. The van der Waals surface area contributed by atoms with E-state index in [2.05, 4.69) is 16.0 Å². The summed E-state index contributed by atoms with van der Waals surface area (Å²) in [5.41, 5.74) is 1.79. The van der Waals surface area contributed by atoms with Crippen LogP contribution in [0.4, 0.5) is 0 Å². The summed E-state index contributed by atoms with van der Waals surface area (Å²) in [6.07, 6.45) is 1.80. The number of rotatable bonds is 2. The quantitative estimate of drug-likeness (QED) is 0.286. The lowest BCUT2D eigenvalue weighted by Gasteiger charge is -2.08. The van der Waals surface area contributed by atoms with Crippen molar-refractivity contribution in [1.82, 2.24) is 9.97 Å². The predicted molar refractivity (Wildman–Crippen MR) is 108 cm³/mol. The highest BCUT2D eigenvalue weighted by molar-refractivity contribution is 7.26. The van der Waals surface area contributed by atoms with Gasteiger partial charge in [-0.25, -0.2) is 4.98 Å². The molecule has 0 atom stereocenters. The molecule has 6 heteroatoms. The second-order valence-electron chi connectivity index (χ2n) is 5.94. The Hall–Kier alpha value is -2.63. The van der Waals surface area contributed by atoms with E-state index in [1.165, 1.54) is 0 Å². The molecule has 26 heavy (non-hydrogen) atoms. The predicted octanol–water partition coefficient (Wildman–Crippen LogP) is 5.82. The van der Waals surface area contributed by atoms with Gasteiger partial charge in [-0.1, -0.05) is 17.7 Å². The monoisotopic (exact) mass is 380 g/mol. The zero-order valence-corrected chi connectivity index (χ0v) is 15.6. The Morgan fingerprint density at radius 2 is 1.69 bits per heavy atom. The summed E-state index contributed by atoms with van der Waals surface area (Å²) in [5.74, 6) is 1.39. The molecule has 2 aromatic carbocycles. The third-order valence-corrected chi connectivity index (χ3v) is 6.16. The molecule has 0 amide bonds. The zero-order valence-electron chi connectivity index (χ0n) is 14.0. The summed E-state index contributed by atoms with van der Waals surface area (Å²) >= 11 is 8.14. The van der Waals surface area contributed by atoms with Crippen LogP contribution in [0, 0.1) is 0 Å². The smallest absolute Gasteiger partial charge is 0.162 e. The number of hydrogen-bond donors (Lipinski definition) is 0. The molecule has 0 aliphatic rings. The summed E-state index contributed by atoms with van der Waals surface area (Å²) in [6, 6.07) is 12.0. The van der Waals surface area contributed by atoms with Gasteiger partial charge in [0.25, 0.3) is 0 Å². The van der Waals surface area contributed by atoms with Gasteiger partial charge in [-0.15, -0.1) is 11.3 Å². The van der Waals surface area contributed by atoms with Crippen LogP contribution in [0.5, 0.6) is 11.5 Å². The van der Waals surface area contributed by atoms with E-state index in [4.69, 9.17) is 21.1 Å². The van der Waals surface area contributed by atoms with Crippen molar-refractivity contribution in [3.8, 4) is 11.5 Å². The number of hydrogen-bond acceptors (Lipinski definition) is 5. The maximum atomic E-state index is 6.53. The first-order valence-electron chi connectivity index (χ1n) is 8.02. The Morgan fingerprint density at radius 1 is 0.923 bits per heavy atom. The zero-order chi connectivity index (χ0) is 17.8. The molecule has 0 N–H and O–H groups in total. The van der Waals surface area contributed by atoms with E-state index in [1.807, 2.05) is 30.3 Å². The minimum absolute atomic E-state index is 0.509. The lowest BCUT2D eigenvalue weighted by Crippen LogP contribution is -1.90. The van der Waals surface area contributed by atoms with Crippen LogP contribution in [-0.4, -0.2) is 24.2 Å². The van der Waals surface area contributed by atoms with Crippen LogP contribution in [0.1, 0.15) is 0 Å². The van der Waals surface area contributed by atoms with Gasteiger partial charge in [-0.2, -0.15) is 0 Å². The van der Waals surface area contributed by atoms with Crippen LogP contribution in [0.3, 0.4) is 0 Å². The molecule has 0 spiro atoms. The number of benzene rings is 2. The van der Waals surface area contributed by atoms with E-state index in [-0.39, 0.29) is 0 Å². The van der Waals surface area contributed by atoms with Gasteiger partial charge in [0, 0.05) is 38.5 Å². The molecule has 0 unspecified atom stereocenters. The van der Waals surface area contributed by atoms with Gasteiger partial charge in [0.1, 0.15) is 5.15 Å². The first-order valence-corrected chi connectivity index (χ1v) is 9.22. The highest BCUT2D eigenvalue weighted by Gasteiger charge is 2.18. The molecule has 4 nitrogen and oxygen atoms in total. The summed E-state index contributed by atoms with van der Waals surface area (Å²) in [6.45, 7) is 0. The van der Waals surface area contributed by atoms with Crippen LogP contribution in [0.25, 0.3) is 42.0 Å². The molecule has 0 bridgehead atoms. The van der Waals surface area contributed by atoms with E-state index in [0.29, 0.717) is 16.7 Å². The van der Waals surface area contributed by atoms with Gasteiger partial charge in [-0.05, 0) is 24.3 Å². The number of methoxy groups -OCH3 is 2. The van der Waals surface area contributed by atoms with Crippen molar-refractivity contribution in [2.24, 2.45) is 0 Å². The molecule has 5 rings (SSSR count). The minimum atomic E-state index is 0.509. The molecular weight excluding hydrogens is 368 g/mol. The van der Waals surface area contributed by atoms with Gasteiger partial charge in [-0.3, -0.25) is 4.98 Å². The SMILES string of the molecule is COc1cc2sc3c(Cl)nc4ccc5ncccc5c4c3c2cc1OC. The number of halogens is 1. The highest BCUT2D eigenvalue weighted by Crippen LogP contribution is 2.46. The van der Waals surface area contributed by atoms with Crippen molar-refractivity contribution in [1.29, 1.82) is 0 Å². The fraction of sp³-hybridized carbons (Fsp3) is 0.100. The lowest BCUT2D eigenvalue weighted by atomic mass is 10.0. The Balaban J connectivity index is 2.08. The van der Waals surface area contributed by atoms with Gasteiger partial charge < -0.3 is 9.47 Å². The van der Waals surface area contributed by atoms with Crippen LogP contribution >= 0.6 is 22.9 Å². The maximum Gasteiger partial charge on any atom is 0.162 e. The van der Waals surface area contributed by atoms with E-state index in [9.17, 15) is 0 Å². The summed E-state index contributed by atoms with van der Waals surface area (Å²) < 4.78 is 13.0.